The molecule has 6 nitrogen and oxygen atoms in total. The lowest BCUT2D eigenvalue weighted by Crippen LogP contribution is -2.50. The van der Waals surface area contributed by atoms with E-state index < -0.39 is 0 Å². The quantitative estimate of drug-likeness (QED) is 0.746. The van der Waals surface area contributed by atoms with Gasteiger partial charge in [0.1, 0.15) is 0 Å². The van der Waals surface area contributed by atoms with Crippen molar-refractivity contribution in [3.63, 3.8) is 0 Å². The van der Waals surface area contributed by atoms with Crippen molar-refractivity contribution in [3.05, 3.63) is 18.2 Å². The molecule has 0 spiro atoms. The highest BCUT2D eigenvalue weighted by atomic mass is 32.1. The third kappa shape index (κ3) is 5.24. The molecule has 1 aromatic carbocycles. The Labute approximate surface area is 167 Å². The number of ether oxygens (including phenoxy) is 3. The Morgan fingerprint density at radius 1 is 1.22 bits per heavy atom. The Hall–Kier alpha value is -1.57. The minimum atomic E-state index is 0.273. The van der Waals surface area contributed by atoms with Gasteiger partial charge < -0.3 is 29.3 Å². The number of piperidine rings is 1. The zero-order chi connectivity index (χ0) is 19.2. The molecule has 1 unspecified atom stereocenters. The summed E-state index contributed by atoms with van der Waals surface area (Å²) in [5.41, 5.74) is 0.905. The highest BCUT2D eigenvalue weighted by Crippen LogP contribution is 2.30. The van der Waals surface area contributed by atoms with E-state index in [1.54, 1.807) is 14.2 Å². The van der Waals surface area contributed by atoms with Crippen molar-refractivity contribution < 1.29 is 14.2 Å². The van der Waals surface area contributed by atoms with Gasteiger partial charge in [-0.25, -0.2) is 0 Å². The number of benzene rings is 1. The number of nitrogens with one attached hydrogen (secondary N) is 1. The molecule has 27 heavy (non-hydrogen) atoms. The standard InChI is InChI=1S/C20H31N3O3S/c1-22-10-8-16(9-11-22)23(14-17-5-4-12-26-17)20(27)21-15-6-7-18(24-2)19(13-15)25-3/h6-7,13,16-17H,4-5,8-12,14H2,1-3H3,(H,21,27). The van der Waals surface area contributed by atoms with Crippen LogP contribution in [0.4, 0.5) is 5.69 Å². The van der Waals surface area contributed by atoms with Crippen LogP contribution in [0.1, 0.15) is 25.7 Å². The summed E-state index contributed by atoms with van der Waals surface area (Å²) in [5, 5.41) is 4.16. The topological polar surface area (TPSA) is 46.2 Å². The van der Waals surface area contributed by atoms with Gasteiger partial charge in [-0.1, -0.05) is 0 Å². The predicted molar refractivity (Wildman–Crippen MR) is 112 cm³/mol. The summed E-state index contributed by atoms with van der Waals surface area (Å²) < 4.78 is 16.6. The second kappa shape index (κ2) is 9.57. The Kier molecular flexibility index (Phi) is 7.15. The number of anilines is 1. The van der Waals surface area contributed by atoms with Gasteiger partial charge in [-0.3, -0.25) is 0 Å². The lowest BCUT2D eigenvalue weighted by atomic mass is 10.0. The van der Waals surface area contributed by atoms with Crippen LogP contribution < -0.4 is 14.8 Å². The van der Waals surface area contributed by atoms with Gasteiger partial charge in [0.05, 0.1) is 20.3 Å². The van der Waals surface area contributed by atoms with Crippen molar-refractivity contribution in [3.8, 4) is 11.5 Å². The van der Waals surface area contributed by atoms with Crippen LogP contribution in [-0.4, -0.2) is 74.6 Å². The third-order valence-corrected chi connectivity index (χ3v) is 5.79. The summed E-state index contributed by atoms with van der Waals surface area (Å²) in [7, 11) is 5.46. The van der Waals surface area contributed by atoms with Gasteiger partial charge in [-0.05, 0) is 70.2 Å². The minimum absolute atomic E-state index is 0.273. The smallest absolute Gasteiger partial charge is 0.173 e. The van der Waals surface area contributed by atoms with Crippen LogP contribution in [0.15, 0.2) is 18.2 Å². The number of methoxy groups -OCH3 is 2. The second-order valence-electron chi connectivity index (χ2n) is 7.32. The van der Waals surface area contributed by atoms with Crippen LogP contribution in [0.25, 0.3) is 0 Å². The fourth-order valence-electron chi connectivity index (χ4n) is 3.82. The zero-order valence-electron chi connectivity index (χ0n) is 16.6. The lowest BCUT2D eigenvalue weighted by molar-refractivity contribution is 0.0724. The van der Waals surface area contributed by atoms with E-state index in [9.17, 15) is 0 Å². The van der Waals surface area contributed by atoms with Crippen molar-refractivity contribution in [1.29, 1.82) is 0 Å². The average molecular weight is 394 g/mol. The first-order valence-electron chi connectivity index (χ1n) is 9.70. The second-order valence-corrected chi connectivity index (χ2v) is 7.71. The van der Waals surface area contributed by atoms with Gasteiger partial charge in [0.25, 0.3) is 0 Å². The van der Waals surface area contributed by atoms with Crippen LogP contribution >= 0.6 is 12.2 Å². The van der Waals surface area contributed by atoms with Crippen molar-refractivity contribution in [2.24, 2.45) is 0 Å². The van der Waals surface area contributed by atoms with E-state index in [0.29, 0.717) is 17.5 Å². The fourth-order valence-corrected chi connectivity index (χ4v) is 4.16. The van der Waals surface area contributed by atoms with Crippen molar-refractivity contribution >= 4 is 23.0 Å². The van der Waals surface area contributed by atoms with Crippen molar-refractivity contribution in [2.75, 3.05) is 52.8 Å². The van der Waals surface area contributed by atoms with Gasteiger partial charge in [0.2, 0.25) is 0 Å². The maximum absolute atomic E-state index is 5.89. The molecule has 0 aromatic heterocycles. The molecular weight excluding hydrogens is 362 g/mol. The fraction of sp³-hybridized carbons (Fsp3) is 0.650. The SMILES string of the molecule is COc1ccc(NC(=S)N(CC2CCCO2)C2CCN(C)CC2)cc1OC. The lowest BCUT2D eigenvalue weighted by Gasteiger charge is -2.39. The zero-order valence-corrected chi connectivity index (χ0v) is 17.4. The summed E-state index contributed by atoms with van der Waals surface area (Å²) >= 11 is 5.82. The molecule has 7 heteroatoms. The highest BCUT2D eigenvalue weighted by molar-refractivity contribution is 7.80. The Bertz CT molecular complexity index is 629. The van der Waals surface area contributed by atoms with Crippen LogP contribution in [0, 0.1) is 0 Å². The number of hydrogen-bond acceptors (Lipinski definition) is 5. The van der Waals surface area contributed by atoms with Crippen LogP contribution in [0.3, 0.4) is 0 Å². The number of likely N-dealkylation sites (tertiary alicyclic amines) is 1. The van der Waals surface area contributed by atoms with Crippen molar-refractivity contribution in [2.45, 2.75) is 37.8 Å². The maximum atomic E-state index is 5.89. The van der Waals surface area contributed by atoms with Crippen molar-refractivity contribution in [1.82, 2.24) is 9.80 Å². The molecule has 2 heterocycles. The summed E-state index contributed by atoms with van der Waals surface area (Å²) in [6, 6.07) is 6.23. The molecule has 2 fully saturated rings. The molecule has 2 aliphatic heterocycles. The van der Waals surface area contributed by atoms with Gasteiger partial charge in [0, 0.05) is 30.9 Å². The molecule has 1 N–H and O–H groups in total. The van der Waals surface area contributed by atoms with Gasteiger partial charge >= 0.3 is 0 Å². The normalized spacial score (nSPS) is 21.1. The Morgan fingerprint density at radius 3 is 2.59 bits per heavy atom. The summed E-state index contributed by atoms with van der Waals surface area (Å²) in [6.07, 6.45) is 4.77. The van der Waals surface area contributed by atoms with E-state index in [2.05, 4.69) is 22.2 Å². The molecular formula is C20H31N3O3S. The van der Waals surface area contributed by atoms with Crippen LogP contribution in [0.5, 0.6) is 11.5 Å². The van der Waals surface area contributed by atoms with E-state index in [1.165, 1.54) is 0 Å². The number of rotatable bonds is 6. The van der Waals surface area contributed by atoms with Crippen LogP contribution in [-0.2, 0) is 4.74 Å². The minimum Gasteiger partial charge on any atom is -0.493 e. The maximum Gasteiger partial charge on any atom is 0.173 e. The largest absolute Gasteiger partial charge is 0.493 e. The van der Waals surface area contributed by atoms with E-state index in [1.807, 2.05) is 18.2 Å². The van der Waals surface area contributed by atoms with E-state index in [0.717, 1.165) is 62.7 Å². The third-order valence-electron chi connectivity index (χ3n) is 5.45. The molecule has 150 valence electrons. The predicted octanol–water partition coefficient (Wildman–Crippen LogP) is 2.98. The summed E-state index contributed by atoms with van der Waals surface area (Å²) in [6.45, 7) is 3.92. The van der Waals surface area contributed by atoms with E-state index >= 15 is 0 Å². The first kappa shape index (κ1) is 20.2. The Morgan fingerprint density at radius 2 is 1.96 bits per heavy atom. The first-order valence-corrected chi connectivity index (χ1v) is 10.1. The molecule has 0 aliphatic carbocycles. The summed E-state index contributed by atoms with van der Waals surface area (Å²) in [5.74, 6) is 1.40. The molecule has 0 radical (unpaired) electrons. The van der Waals surface area contributed by atoms with Gasteiger partial charge in [-0.2, -0.15) is 0 Å². The molecule has 0 saturated carbocycles. The molecule has 0 amide bonds. The number of thiocarbonyl (C=S) groups is 1. The van der Waals surface area contributed by atoms with Crippen LogP contribution in [0.2, 0.25) is 0 Å². The molecule has 0 bridgehead atoms. The number of nitrogens with zero attached hydrogens (tertiary/aromatic N) is 2. The van der Waals surface area contributed by atoms with Gasteiger partial charge in [0.15, 0.2) is 16.6 Å². The number of hydrogen-bond donors (Lipinski definition) is 1. The van der Waals surface area contributed by atoms with Gasteiger partial charge in [-0.15, -0.1) is 0 Å². The Balaban J connectivity index is 1.71. The summed E-state index contributed by atoms with van der Waals surface area (Å²) in [4.78, 5) is 4.72. The molecule has 1 atom stereocenters. The first-order chi connectivity index (χ1) is 13.1. The van der Waals surface area contributed by atoms with E-state index in [-0.39, 0.29) is 6.10 Å². The molecule has 2 saturated heterocycles. The monoisotopic (exact) mass is 393 g/mol. The molecule has 2 aliphatic rings. The van der Waals surface area contributed by atoms with E-state index in [4.69, 9.17) is 26.4 Å². The molecule has 1 aromatic rings. The molecule has 3 rings (SSSR count). The highest BCUT2D eigenvalue weighted by Gasteiger charge is 2.29. The average Bonchev–Trinajstić information content (AvgIpc) is 3.20.